The number of piperazine rings is 1. The summed E-state index contributed by atoms with van der Waals surface area (Å²) in [4.78, 5) is 68.8. The van der Waals surface area contributed by atoms with E-state index in [1.54, 1.807) is 42.5 Å². The Bertz CT molecular complexity index is 2340. The first-order valence-electron chi connectivity index (χ1n) is 20.1. The van der Waals surface area contributed by atoms with E-state index in [2.05, 4.69) is 31.5 Å². The molecule has 314 valence electrons. The van der Waals surface area contributed by atoms with Gasteiger partial charge in [-0.15, -0.1) is 0 Å². The normalized spacial score (nSPS) is 19.0. The molecule has 7 rings (SSSR count). The summed E-state index contributed by atoms with van der Waals surface area (Å²) in [5.74, 6) is -1.87. The standard InChI is InChI=1S/C43H49N9O7S/c1-60(58,59)31-19-13-28(14-20-31)33-9-7-11-36(47-33)48-43(44)46-29-15-17-30(18-16-29)50-24-26-51(27-25-50)38(54)12-4-2-3-5-23-45-34-10-6-8-32-39(34)42(57)52(41(32)56)35-21-22-37(53)49-40(35)55/h6-11,13-20,35-36,45,47H,2-5,12,21-27H2,1H3,(H3,44,46,48)(H,49,53,55). The van der Waals surface area contributed by atoms with Gasteiger partial charge in [-0.3, -0.25) is 39.6 Å². The van der Waals surface area contributed by atoms with E-state index < -0.39 is 39.5 Å². The van der Waals surface area contributed by atoms with Crippen LogP contribution in [0, 0.1) is 5.41 Å². The Morgan fingerprint density at radius 1 is 0.883 bits per heavy atom. The minimum atomic E-state index is -3.28. The maximum Gasteiger partial charge on any atom is 0.264 e. The quantitative estimate of drug-likeness (QED) is 0.0595. The van der Waals surface area contributed by atoms with E-state index in [4.69, 9.17) is 5.41 Å². The Balaban J connectivity index is 0.775. The van der Waals surface area contributed by atoms with Crippen molar-refractivity contribution in [1.82, 2.24) is 25.8 Å². The molecule has 16 nitrogen and oxygen atoms in total. The summed E-state index contributed by atoms with van der Waals surface area (Å²) in [7, 11) is -3.28. The number of carbonyl (C=O) groups excluding carboxylic acids is 5. The fourth-order valence-electron chi connectivity index (χ4n) is 7.78. The lowest BCUT2D eigenvalue weighted by Crippen LogP contribution is -2.54. The minimum Gasteiger partial charge on any atom is -0.384 e. The van der Waals surface area contributed by atoms with Crippen molar-refractivity contribution < 1.29 is 32.4 Å². The van der Waals surface area contributed by atoms with Crippen molar-refractivity contribution in [2.24, 2.45) is 0 Å². The third-order valence-corrected chi connectivity index (χ3v) is 12.1. The van der Waals surface area contributed by atoms with Crippen LogP contribution in [0.15, 0.2) is 89.9 Å². The molecule has 0 saturated carbocycles. The molecule has 2 fully saturated rings. The molecule has 6 N–H and O–H groups in total. The van der Waals surface area contributed by atoms with E-state index in [-0.39, 0.29) is 46.9 Å². The molecular weight excluding hydrogens is 787 g/mol. The molecule has 4 heterocycles. The summed E-state index contributed by atoms with van der Waals surface area (Å²) >= 11 is 0. The van der Waals surface area contributed by atoms with Gasteiger partial charge in [-0.05, 0) is 85.5 Å². The predicted octanol–water partition coefficient (Wildman–Crippen LogP) is 3.67. The van der Waals surface area contributed by atoms with Crippen LogP contribution in [0.1, 0.15) is 71.2 Å². The third kappa shape index (κ3) is 9.68. The van der Waals surface area contributed by atoms with Crippen LogP contribution in [0.4, 0.5) is 17.1 Å². The number of fused-ring (bicyclic) bond motifs is 1. The minimum absolute atomic E-state index is 0.0664. The van der Waals surface area contributed by atoms with Crippen LogP contribution in [0.3, 0.4) is 0 Å². The first-order valence-corrected chi connectivity index (χ1v) is 22.0. The zero-order chi connectivity index (χ0) is 42.4. The number of rotatable bonds is 14. The monoisotopic (exact) mass is 835 g/mol. The highest BCUT2D eigenvalue weighted by atomic mass is 32.2. The Morgan fingerprint density at radius 2 is 1.62 bits per heavy atom. The molecule has 4 aliphatic heterocycles. The second-order valence-electron chi connectivity index (χ2n) is 15.2. The van der Waals surface area contributed by atoms with Gasteiger partial charge in [0, 0.05) is 74.6 Å². The van der Waals surface area contributed by atoms with Gasteiger partial charge in [0.2, 0.25) is 17.7 Å². The van der Waals surface area contributed by atoms with Gasteiger partial charge in [0.05, 0.1) is 16.0 Å². The molecule has 17 heteroatoms. The van der Waals surface area contributed by atoms with E-state index >= 15 is 0 Å². The van der Waals surface area contributed by atoms with Crippen molar-refractivity contribution in [2.45, 2.75) is 62.0 Å². The zero-order valence-electron chi connectivity index (χ0n) is 33.3. The van der Waals surface area contributed by atoms with Crippen molar-refractivity contribution in [3.63, 3.8) is 0 Å². The number of sulfone groups is 1. The molecule has 0 bridgehead atoms. The molecule has 2 unspecified atom stereocenters. The first-order chi connectivity index (χ1) is 28.9. The number of nitrogens with one attached hydrogen (secondary N) is 6. The van der Waals surface area contributed by atoms with Crippen LogP contribution in [0.5, 0.6) is 0 Å². The van der Waals surface area contributed by atoms with E-state index in [1.807, 2.05) is 47.4 Å². The number of allylic oxidation sites excluding steroid dienone is 2. The number of guanidine groups is 1. The molecule has 4 aliphatic rings. The molecule has 0 radical (unpaired) electrons. The maximum atomic E-state index is 13.3. The van der Waals surface area contributed by atoms with Crippen molar-refractivity contribution in [3.8, 4) is 0 Å². The van der Waals surface area contributed by atoms with Gasteiger partial charge in [0.15, 0.2) is 15.8 Å². The average molecular weight is 836 g/mol. The molecule has 5 amide bonds. The molecule has 2 saturated heterocycles. The fourth-order valence-corrected chi connectivity index (χ4v) is 8.41. The molecule has 3 aromatic rings. The van der Waals surface area contributed by atoms with Gasteiger partial charge in [-0.1, -0.05) is 37.1 Å². The number of nitrogens with zero attached hydrogens (tertiary/aromatic N) is 3. The second kappa shape index (κ2) is 18.2. The van der Waals surface area contributed by atoms with Gasteiger partial charge >= 0.3 is 0 Å². The number of hydrogen-bond donors (Lipinski definition) is 6. The van der Waals surface area contributed by atoms with Gasteiger partial charge < -0.3 is 31.1 Å². The van der Waals surface area contributed by atoms with Crippen LogP contribution in [0.25, 0.3) is 5.70 Å². The van der Waals surface area contributed by atoms with E-state index in [0.717, 1.165) is 66.3 Å². The number of unbranched alkanes of at least 4 members (excludes halogenated alkanes) is 3. The third-order valence-electron chi connectivity index (χ3n) is 11.0. The average Bonchev–Trinajstić information content (AvgIpc) is 3.49. The highest BCUT2D eigenvalue weighted by Crippen LogP contribution is 2.32. The predicted molar refractivity (Wildman–Crippen MR) is 228 cm³/mol. The summed E-state index contributed by atoms with van der Waals surface area (Å²) in [5, 5.41) is 23.5. The fraction of sp³-hybridized carbons (Fsp3) is 0.349. The molecule has 0 aromatic heterocycles. The highest BCUT2D eigenvalue weighted by molar-refractivity contribution is 7.90. The van der Waals surface area contributed by atoms with Crippen LogP contribution < -0.4 is 31.5 Å². The van der Waals surface area contributed by atoms with Crippen molar-refractivity contribution >= 4 is 68.1 Å². The molecule has 0 aliphatic carbocycles. The van der Waals surface area contributed by atoms with Crippen LogP contribution in [-0.4, -0.2) is 105 Å². The SMILES string of the molecule is CS(=O)(=O)c1ccc(C2=CC=CC(NC(=N)Nc3ccc(N4CCN(C(=O)CCCCCCNc5cccc6c5C(=O)N(C5CCC(=O)NC5=O)C6=O)CC4)cc3)N2)cc1. The molecule has 60 heavy (non-hydrogen) atoms. The summed E-state index contributed by atoms with van der Waals surface area (Å²) < 4.78 is 23.6. The summed E-state index contributed by atoms with van der Waals surface area (Å²) in [5.41, 5.74) is 4.44. The van der Waals surface area contributed by atoms with Crippen molar-refractivity contribution in [3.05, 3.63) is 102 Å². The summed E-state index contributed by atoms with van der Waals surface area (Å²) in [6.07, 6.45) is 10.5. The van der Waals surface area contributed by atoms with E-state index in [0.29, 0.717) is 31.7 Å². The Kier molecular flexibility index (Phi) is 12.6. The molecule has 0 spiro atoms. The van der Waals surface area contributed by atoms with Crippen LogP contribution >= 0.6 is 0 Å². The topological polar surface area (TPSA) is 213 Å². The van der Waals surface area contributed by atoms with Gasteiger partial charge in [-0.2, -0.15) is 0 Å². The largest absolute Gasteiger partial charge is 0.384 e. The second-order valence-corrected chi connectivity index (χ2v) is 17.2. The number of benzene rings is 3. The van der Waals surface area contributed by atoms with Crippen LogP contribution in [0.2, 0.25) is 0 Å². The molecule has 3 aromatic carbocycles. The van der Waals surface area contributed by atoms with E-state index in [1.165, 1.54) is 6.26 Å². The van der Waals surface area contributed by atoms with Crippen molar-refractivity contribution in [1.29, 1.82) is 5.41 Å². The van der Waals surface area contributed by atoms with Gasteiger partial charge in [0.1, 0.15) is 12.2 Å². The maximum absolute atomic E-state index is 13.3. The number of imide groups is 2. The molecule has 2 atom stereocenters. The zero-order valence-corrected chi connectivity index (χ0v) is 34.1. The van der Waals surface area contributed by atoms with Gasteiger partial charge in [0.25, 0.3) is 11.8 Å². The number of piperidine rings is 1. The summed E-state index contributed by atoms with van der Waals surface area (Å²) in [6, 6.07) is 18.5. The van der Waals surface area contributed by atoms with E-state index in [9.17, 15) is 32.4 Å². The number of dihydropyridines is 1. The number of amides is 5. The number of anilines is 3. The van der Waals surface area contributed by atoms with Crippen molar-refractivity contribution in [2.75, 3.05) is 54.5 Å². The Labute approximate surface area is 348 Å². The number of hydrogen-bond acceptors (Lipinski definition) is 11. The Hall–Kier alpha value is -6.49. The highest BCUT2D eigenvalue weighted by Gasteiger charge is 2.45. The van der Waals surface area contributed by atoms with Gasteiger partial charge in [-0.25, -0.2) is 8.42 Å². The summed E-state index contributed by atoms with van der Waals surface area (Å²) in [6.45, 7) is 3.29. The number of carbonyl (C=O) groups is 5. The lowest BCUT2D eigenvalue weighted by atomic mass is 10.0. The first kappa shape index (κ1) is 41.7. The molecular formula is C43H49N9O7S. The van der Waals surface area contributed by atoms with Crippen LogP contribution in [-0.2, 0) is 24.2 Å². The lowest BCUT2D eigenvalue weighted by molar-refractivity contribution is -0.136. The Morgan fingerprint density at radius 3 is 2.33 bits per heavy atom. The lowest BCUT2D eigenvalue weighted by Gasteiger charge is -2.36. The smallest absolute Gasteiger partial charge is 0.264 e.